The van der Waals surface area contributed by atoms with Crippen LogP contribution in [0.25, 0.3) is 0 Å². The van der Waals surface area contributed by atoms with Crippen molar-refractivity contribution in [2.45, 2.75) is 26.7 Å². The lowest BCUT2D eigenvalue weighted by molar-refractivity contribution is 0.0958. The predicted octanol–water partition coefficient (Wildman–Crippen LogP) is 1.82. The summed E-state index contributed by atoms with van der Waals surface area (Å²) in [5.41, 5.74) is 6.36. The minimum Gasteiger partial charge on any atom is -0.397 e. The van der Waals surface area contributed by atoms with Crippen LogP contribution in [0, 0.1) is 6.92 Å². The van der Waals surface area contributed by atoms with E-state index in [1.165, 1.54) is 11.3 Å². The number of amides is 1. The van der Waals surface area contributed by atoms with E-state index in [4.69, 9.17) is 10.3 Å². The van der Waals surface area contributed by atoms with Crippen LogP contribution in [0.15, 0.2) is 10.6 Å². The van der Waals surface area contributed by atoms with Crippen LogP contribution in [0.2, 0.25) is 0 Å². The van der Waals surface area contributed by atoms with Crippen molar-refractivity contribution in [3.05, 3.63) is 22.7 Å². The summed E-state index contributed by atoms with van der Waals surface area (Å²) in [5.74, 6) is 1.09. The molecular weight excluding hydrogens is 290 g/mol. The number of aryl methyl sites for hydroxylation is 1. The number of hydrogen-bond acceptors (Lipinski definition) is 7. The van der Waals surface area contributed by atoms with Gasteiger partial charge in [-0.15, -0.1) is 11.3 Å². The zero-order valence-electron chi connectivity index (χ0n) is 12.1. The average molecular weight is 309 g/mol. The molecule has 114 valence electrons. The number of anilines is 2. The van der Waals surface area contributed by atoms with Crippen LogP contribution >= 0.6 is 11.3 Å². The van der Waals surface area contributed by atoms with Crippen molar-refractivity contribution in [2.24, 2.45) is 0 Å². The van der Waals surface area contributed by atoms with E-state index < -0.39 is 0 Å². The monoisotopic (exact) mass is 309 g/mol. The molecule has 2 aromatic rings. The van der Waals surface area contributed by atoms with Gasteiger partial charge in [0.2, 0.25) is 5.89 Å². The molecule has 0 saturated heterocycles. The van der Waals surface area contributed by atoms with Gasteiger partial charge in [0, 0.05) is 19.5 Å². The number of hydrogen-bond donors (Lipinski definition) is 3. The van der Waals surface area contributed by atoms with E-state index in [1.54, 1.807) is 13.0 Å². The van der Waals surface area contributed by atoms with E-state index >= 15 is 0 Å². The predicted molar refractivity (Wildman–Crippen MR) is 82.6 cm³/mol. The molecule has 0 saturated carbocycles. The highest BCUT2D eigenvalue weighted by Crippen LogP contribution is 2.29. The Balaban J connectivity index is 1.88. The molecule has 0 aliphatic heterocycles. The molecule has 1 amide bonds. The van der Waals surface area contributed by atoms with E-state index in [1.807, 2.05) is 6.92 Å². The highest BCUT2D eigenvalue weighted by atomic mass is 32.1. The molecule has 0 fully saturated rings. The second-order valence-corrected chi connectivity index (χ2v) is 5.62. The molecule has 0 radical (unpaired) electrons. The fraction of sp³-hybridized carbons (Fsp3) is 0.462. The summed E-state index contributed by atoms with van der Waals surface area (Å²) in [6.45, 7) is 5.07. The number of nitrogens with zero attached hydrogens (tertiary/aromatic N) is 2. The summed E-state index contributed by atoms with van der Waals surface area (Å²) in [4.78, 5) is 16.6. The van der Waals surface area contributed by atoms with Gasteiger partial charge in [0.05, 0.1) is 10.7 Å². The molecule has 2 heterocycles. The summed E-state index contributed by atoms with van der Waals surface area (Å²) in [6.07, 6.45) is 1.52. The standard InChI is InChI=1S/C13H19N5O2S/c1-3-5-16-13(19)12-9(14)7-11(21-12)15-6-4-10-17-8(2)18-20-10/h7,15H,3-6,14H2,1-2H3,(H,16,19). The van der Waals surface area contributed by atoms with Crippen LogP contribution in [0.1, 0.15) is 34.7 Å². The number of nitrogen functional groups attached to an aromatic ring is 1. The molecule has 2 rings (SSSR count). The molecule has 0 atom stereocenters. The molecule has 7 nitrogen and oxygen atoms in total. The molecule has 2 aromatic heterocycles. The number of nitrogens with two attached hydrogens (primary N) is 1. The topological polar surface area (TPSA) is 106 Å². The van der Waals surface area contributed by atoms with Gasteiger partial charge in [-0.25, -0.2) is 0 Å². The maximum absolute atomic E-state index is 11.9. The second-order valence-electron chi connectivity index (χ2n) is 4.56. The molecule has 0 bridgehead atoms. The molecule has 4 N–H and O–H groups in total. The van der Waals surface area contributed by atoms with Gasteiger partial charge < -0.3 is 20.9 Å². The highest BCUT2D eigenvalue weighted by molar-refractivity contribution is 7.18. The molecule has 0 unspecified atom stereocenters. The van der Waals surface area contributed by atoms with E-state index in [0.29, 0.717) is 41.8 Å². The third-order valence-corrected chi connectivity index (χ3v) is 3.82. The largest absolute Gasteiger partial charge is 0.397 e. The first kappa shape index (κ1) is 15.3. The highest BCUT2D eigenvalue weighted by Gasteiger charge is 2.14. The number of carbonyl (C=O) groups excluding carboxylic acids is 1. The quantitative estimate of drug-likeness (QED) is 0.720. The first-order valence-corrected chi connectivity index (χ1v) is 7.62. The molecular formula is C13H19N5O2S. The van der Waals surface area contributed by atoms with Gasteiger partial charge in [-0.3, -0.25) is 4.79 Å². The van der Waals surface area contributed by atoms with Crippen LogP contribution in [-0.2, 0) is 6.42 Å². The van der Waals surface area contributed by atoms with Gasteiger partial charge >= 0.3 is 0 Å². The van der Waals surface area contributed by atoms with Gasteiger partial charge in [0.1, 0.15) is 4.88 Å². The average Bonchev–Trinajstić information content (AvgIpc) is 3.02. The van der Waals surface area contributed by atoms with Gasteiger partial charge in [-0.05, 0) is 19.4 Å². The Labute approximate surface area is 126 Å². The van der Waals surface area contributed by atoms with E-state index in [2.05, 4.69) is 20.8 Å². The molecule has 0 aliphatic carbocycles. The summed E-state index contributed by atoms with van der Waals surface area (Å²) in [7, 11) is 0. The Morgan fingerprint density at radius 3 is 2.95 bits per heavy atom. The molecule has 0 spiro atoms. The summed E-state index contributed by atoms with van der Waals surface area (Å²) < 4.78 is 5.03. The number of aromatic nitrogens is 2. The second kappa shape index (κ2) is 7.07. The zero-order chi connectivity index (χ0) is 15.2. The number of nitrogens with one attached hydrogen (secondary N) is 2. The Bertz CT molecular complexity index is 607. The van der Waals surface area contributed by atoms with Crippen molar-refractivity contribution >= 4 is 27.9 Å². The molecule has 0 aliphatic rings. The third kappa shape index (κ3) is 4.19. The fourth-order valence-electron chi connectivity index (χ4n) is 1.72. The first-order valence-electron chi connectivity index (χ1n) is 6.80. The Morgan fingerprint density at radius 2 is 2.29 bits per heavy atom. The van der Waals surface area contributed by atoms with Crippen LogP contribution in [0.5, 0.6) is 0 Å². The lowest BCUT2D eigenvalue weighted by atomic mass is 10.3. The number of thiophene rings is 1. The van der Waals surface area contributed by atoms with Crippen molar-refractivity contribution in [3.63, 3.8) is 0 Å². The Hall–Kier alpha value is -2.09. The maximum Gasteiger partial charge on any atom is 0.263 e. The van der Waals surface area contributed by atoms with Gasteiger partial charge in [-0.2, -0.15) is 4.98 Å². The molecule has 8 heteroatoms. The van der Waals surface area contributed by atoms with Crippen LogP contribution in [-0.4, -0.2) is 29.1 Å². The van der Waals surface area contributed by atoms with E-state index in [-0.39, 0.29) is 5.91 Å². The number of carbonyl (C=O) groups is 1. The van der Waals surface area contributed by atoms with E-state index in [0.717, 1.165) is 11.4 Å². The number of rotatable bonds is 7. The Morgan fingerprint density at radius 1 is 1.48 bits per heavy atom. The maximum atomic E-state index is 11.9. The van der Waals surface area contributed by atoms with Crippen LogP contribution in [0.4, 0.5) is 10.7 Å². The van der Waals surface area contributed by atoms with Crippen LogP contribution < -0.4 is 16.4 Å². The van der Waals surface area contributed by atoms with Crippen molar-refractivity contribution in [2.75, 3.05) is 24.1 Å². The first-order chi connectivity index (χ1) is 10.1. The molecule has 0 aromatic carbocycles. The van der Waals surface area contributed by atoms with Crippen molar-refractivity contribution < 1.29 is 9.32 Å². The van der Waals surface area contributed by atoms with Gasteiger partial charge in [0.15, 0.2) is 5.82 Å². The van der Waals surface area contributed by atoms with Crippen molar-refractivity contribution in [1.29, 1.82) is 0 Å². The Kier molecular flexibility index (Phi) is 5.15. The van der Waals surface area contributed by atoms with Gasteiger partial charge in [0.25, 0.3) is 5.91 Å². The van der Waals surface area contributed by atoms with Crippen LogP contribution in [0.3, 0.4) is 0 Å². The normalized spacial score (nSPS) is 10.6. The summed E-state index contributed by atoms with van der Waals surface area (Å²) in [6, 6.07) is 1.77. The fourth-order valence-corrected chi connectivity index (χ4v) is 2.64. The zero-order valence-corrected chi connectivity index (χ0v) is 12.9. The van der Waals surface area contributed by atoms with E-state index in [9.17, 15) is 4.79 Å². The van der Waals surface area contributed by atoms with Crippen molar-refractivity contribution in [1.82, 2.24) is 15.5 Å². The van der Waals surface area contributed by atoms with Crippen molar-refractivity contribution in [3.8, 4) is 0 Å². The minimum atomic E-state index is -0.125. The summed E-state index contributed by atoms with van der Waals surface area (Å²) in [5, 5.41) is 10.6. The lowest BCUT2D eigenvalue weighted by Crippen LogP contribution is -2.23. The smallest absolute Gasteiger partial charge is 0.263 e. The summed E-state index contributed by atoms with van der Waals surface area (Å²) >= 11 is 1.34. The molecule has 21 heavy (non-hydrogen) atoms. The minimum absolute atomic E-state index is 0.125. The third-order valence-electron chi connectivity index (χ3n) is 2.71. The lowest BCUT2D eigenvalue weighted by Gasteiger charge is -2.01. The SMILES string of the molecule is CCCNC(=O)c1sc(NCCc2nc(C)no2)cc1N. The van der Waals surface area contributed by atoms with Gasteiger partial charge in [-0.1, -0.05) is 12.1 Å².